The first kappa shape index (κ1) is 18.6. The first-order valence-corrected chi connectivity index (χ1v) is 9.59. The van der Waals surface area contributed by atoms with Gasteiger partial charge in [-0.15, -0.1) is 0 Å². The summed E-state index contributed by atoms with van der Waals surface area (Å²) >= 11 is 0. The maximum absolute atomic E-state index is 13.0. The van der Waals surface area contributed by atoms with Crippen LogP contribution in [0.25, 0.3) is 5.57 Å². The average Bonchev–Trinajstić information content (AvgIpc) is 2.88. The molecule has 0 aromatic heterocycles. The molecule has 1 aromatic rings. The minimum Gasteiger partial charge on any atom is -0.383 e. The van der Waals surface area contributed by atoms with Crippen LogP contribution in [0.4, 0.5) is 4.39 Å². The van der Waals surface area contributed by atoms with E-state index < -0.39 is 9.84 Å². The van der Waals surface area contributed by atoms with E-state index in [-0.39, 0.29) is 29.3 Å². The van der Waals surface area contributed by atoms with E-state index in [0.717, 1.165) is 5.56 Å². The zero-order valence-corrected chi connectivity index (χ0v) is 14.7. The Morgan fingerprint density at radius 3 is 2.58 bits per heavy atom. The quantitative estimate of drug-likeness (QED) is 0.731. The van der Waals surface area contributed by atoms with Crippen molar-refractivity contribution in [3.8, 4) is 0 Å². The number of hydrogen-bond acceptors (Lipinski definition) is 4. The smallest absolute Gasteiger partial charge is 0.247 e. The van der Waals surface area contributed by atoms with Gasteiger partial charge < -0.3 is 9.64 Å². The molecule has 1 amide bonds. The predicted octanol–water partition coefficient (Wildman–Crippen LogP) is 1.89. The zero-order valence-electron chi connectivity index (χ0n) is 13.9. The van der Waals surface area contributed by atoms with Crippen molar-refractivity contribution in [1.82, 2.24) is 4.90 Å². The molecule has 0 aliphatic carbocycles. The van der Waals surface area contributed by atoms with Crippen molar-refractivity contribution in [2.45, 2.75) is 19.4 Å². The summed E-state index contributed by atoms with van der Waals surface area (Å²) < 4.78 is 41.4. The van der Waals surface area contributed by atoms with E-state index in [0.29, 0.717) is 25.1 Å². The van der Waals surface area contributed by atoms with Crippen molar-refractivity contribution in [3.63, 3.8) is 0 Å². The monoisotopic (exact) mass is 355 g/mol. The molecule has 0 spiro atoms. The van der Waals surface area contributed by atoms with E-state index in [1.165, 1.54) is 25.3 Å². The van der Waals surface area contributed by atoms with E-state index in [1.807, 2.05) is 0 Å². The molecule has 1 heterocycles. The topological polar surface area (TPSA) is 63.7 Å². The number of amides is 1. The Morgan fingerprint density at radius 2 is 2.04 bits per heavy atom. The summed E-state index contributed by atoms with van der Waals surface area (Å²) in [5.74, 6) is -0.493. The maximum atomic E-state index is 13.0. The van der Waals surface area contributed by atoms with Crippen molar-refractivity contribution in [1.29, 1.82) is 0 Å². The molecule has 2 rings (SSSR count). The first-order valence-electron chi connectivity index (χ1n) is 7.76. The van der Waals surface area contributed by atoms with Crippen LogP contribution >= 0.6 is 0 Å². The van der Waals surface area contributed by atoms with Crippen LogP contribution < -0.4 is 0 Å². The number of sulfone groups is 1. The van der Waals surface area contributed by atoms with Gasteiger partial charge in [0.15, 0.2) is 9.84 Å². The molecule has 1 saturated heterocycles. The molecule has 1 aromatic carbocycles. The molecular formula is C17H22FNO4S. The van der Waals surface area contributed by atoms with Gasteiger partial charge in [0.1, 0.15) is 5.82 Å². The van der Waals surface area contributed by atoms with Gasteiger partial charge in [0, 0.05) is 25.8 Å². The van der Waals surface area contributed by atoms with E-state index in [9.17, 15) is 17.6 Å². The van der Waals surface area contributed by atoms with E-state index in [1.54, 1.807) is 24.0 Å². The van der Waals surface area contributed by atoms with Gasteiger partial charge in [-0.25, -0.2) is 12.8 Å². The Kier molecular flexibility index (Phi) is 6.12. The van der Waals surface area contributed by atoms with Crippen LogP contribution in [0.15, 0.2) is 30.3 Å². The lowest BCUT2D eigenvalue weighted by Gasteiger charge is -2.27. The van der Waals surface area contributed by atoms with E-state index >= 15 is 0 Å². The number of methoxy groups -OCH3 is 1. The Bertz CT molecular complexity index is 713. The number of rotatable bonds is 6. The molecule has 132 valence electrons. The highest BCUT2D eigenvalue weighted by atomic mass is 32.2. The van der Waals surface area contributed by atoms with Crippen LogP contribution in [-0.4, -0.2) is 57.0 Å². The molecule has 1 aliphatic rings. The molecule has 1 unspecified atom stereocenters. The Morgan fingerprint density at radius 1 is 1.38 bits per heavy atom. The van der Waals surface area contributed by atoms with Gasteiger partial charge in [0.2, 0.25) is 5.91 Å². The molecule has 1 fully saturated rings. The van der Waals surface area contributed by atoms with Crippen molar-refractivity contribution >= 4 is 21.3 Å². The highest BCUT2D eigenvalue weighted by Gasteiger charge is 2.33. The molecule has 0 saturated carbocycles. The molecule has 24 heavy (non-hydrogen) atoms. The molecule has 7 heteroatoms. The number of carbonyl (C=O) groups is 1. The summed E-state index contributed by atoms with van der Waals surface area (Å²) in [6.07, 6.45) is 1.91. The minimum atomic E-state index is -3.08. The standard InChI is InChI=1S/C17H22FNO4S/c1-13(14-3-5-15(18)6-4-14)11-17(20)19(8-9-23-2)16-7-10-24(21,22)12-16/h3-6,11,16H,7-10,12H2,1-2H3. The summed E-state index contributed by atoms with van der Waals surface area (Å²) in [4.78, 5) is 14.2. The van der Waals surface area contributed by atoms with Gasteiger partial charge in [-0.05, 0) is 36.6 Å². The highest BCUT2D eigenvalue weighted by Crippen LogP contribution is 2.20. The second kappa shape index (κ2) is 7.90. The fourth-order valence-electron chi connectivity index (χ4n) is 2.75. The van der Waals surface area contributed by atoms with Crippen molar-refractivity contribution in [3.05, 3.63) is 41.7 Å². The maximum Gasteiger partial charge on any atom is 0.247 e. The number of nitrogens with zero attached hydrogens (tertiary/aromatic N) is 1. The summed E-state index contributed by atoms with van der Waals surface area (Å²) in [6.45, 7) is 2.44. The lowest BCUT2D eigenvalue weighted by atomic mass is 10.1. The normalized spacial score (nSPS) is 20.1. The SMILES string of the molecule is COCCN(C(=O)C=C(C)c1ccc(F)cc1)C1CCS(=O)(=O)C1. The first-order chi connectivity index (χ1) is 11.3. The van der Waals surface area contributed by atoms with Gasteiger partial charge >= 0.3 is 0 Å². The van der Waals surface area contributed by atoms with Gasteiger partial charge in [-0.3, -0.25) is 4.79 Å². The van der Waals surface area contributed by atoms with Crippen LogP contribution in [0.5, 0.6) is 0 Å². The molecule has 0 radical (unpaired) electrons. The third-order valence-corrected chi connectivity index (χ3v) is 5.86. The van der Waals surface area contributed by atoms with Crippen LogP contribution in [0.3, 0.4) is 0 Å². The molecule has 1 aliphatic heterocycles. The highest BCUT2D eigenvalue weighted by molar-refractivity contribution is 7.91. The summed E-state index contributed by atoms with van der Waals surface area (Å²) in [5.41, 5.74) is 1.44. The number of halogens is 1. The number of ether oxygens (including phenoxy) is 1. The van der Waals surface area contributed by atoms with Crippen LogP contribution in [0.2, 0.25) is 0 Å². The third kappa shape index (κ3) is 4.88. The lowest BCUT2D eigenvalue weighted by molar-refractivity contribution is -0.128. The van der Waals surface area contributed by atoms with Crippen LogP contribution in [0, 0.1) is 5.82 Å². The summed E-state index contributed by atoms with van der Waals surface area (Å²) in [6, 6.07) is 5.56. The Balaban J connectivity index is 2.17. The van der Waals surface area contributed by atoms with Gasteiger partial charge in [0.05, 0.1) is 18.1 Å². The number of allylic oxidation sites excluding steroid dienone is 1. The number of hydrogen-bond donors (Lipinski definition) is 0. The second-order valence-electron chi connectivity index (χ2n) is 5.92. The average molecular weight is 355 g/mol. The molecular weight excluding hydrogens is 333 g/mol. The molecule has 1 atom stereocenters. The minimum absolute atomic E-state index is 0.00805. The number of benzene rings is 1. The van der Waals surface area contributed by atoms with Crippen molar-refractivity contribution in [2.24, 2.45) is 0 Å². The van der Waals surface area contributed by atoms with Crippen LogP contribution in [-0.2, 0) is 19.4 Å². The third-order valence-electron chi connectivity index (χ3n) is 4.11. The Labute approximate surface area is 142 Å². The van der Waals surface area contributed by atoms with E-state index in [4.69, 9.17) is 4.74 Å². The second-order valence-corrected chi connectivity index (χ2v) is 8.14. The predicted molar refractivity (Wildman–Crippen MR) is 90.7 cm³/mol. The lowest BCUT2D eigenvalue weighted by Crippen LogP contribution is -2.42. The van der Waals surface area contributed by atoms with Gasteiger partial charge in [0.25, 0.3) is 0 Å². The summed E-state index contributed by atoms with van der Waals surface area (Å²) in [5, 5.41) is 0. The molecule has 0 N–H and O–H groups in total. The van der Waals surface area contributed by atoms with E-state index in [2.05, 4.69) is 0 Å². The van der Waals surface area contributed by atoms with Crippen LogP contribution in [0.1, 0.15) is 18.9 Å². The van der Waals surface area contributed by atoms with Crippen molar-refractivity contribution in [2.75, 3.05) is 31.8 Å². The Hall–Kier alpha value is -1.73. The fourth-order valence-corrected chi connectivity index (χ4v) is 4.48. The number of carbonyl (C=O) groups excluding carboxylic acids is 1. The largest absolute Gasteiger partial charge is 0.383 e. The fraction of sp³-hybridized carbons (Fsp3) is 0.471. The van der Waals surface area contributed by atoms with Gasteiger partial charge in [-0.1, -0.05) is 12.1 Å². The zero-order chi connectivity index (χ0) is 17.7. The summed E-state index contributed by atoms with van der Waals surface area (Å²) in [7, 11) is -1.55. The molecule has 0 bridgehead atoms. The van der Waals surface area contributed by atoms with Gasteiger partial charge in [-0.2, -0.15) is 0 Å². The molecule has 5 nitrogen and oxygen atoms in total. The van der Waals surface area contributed by atoms with Crippen molar-refractivity contribution < 1.29 is 22.3 Å².